The molecule has 1 heterocycles. The van der Waals surface area contributed by atoms with Crippen LogP contribution in [0.25, 0.3) is 0 Å². The molecule has 0 spiro atoms. The Morgan fingerprint density at radius 1 is 1.16 bits per heavy atom. The Morgan fingerprint density at radius 3 is 2.32 bits per heavy atom. The maximum atomic E-state index is 12.7. The second-order valence-electron chi connectivity index (χ2n) is 9.71. The van der Waals surface area contributed by atoms with Crippen molar-refractivity contribution in [2.75, 3.05) is 31.6 Å². The summed E-state index contributed by atoms with van der Waals surface area (Å²) in [5.74, 6) is -1.97. The standard InChI is InChI=1S/C28H37N5O5/c1-5-31-27(35)26(30)33(25(29)22-14-21(17(2)3)24(38-4)15-23(22)34)20-8-6-18(7-9-20)16-32-12-10-19(11-13-32)28(36)37/h6-9,14-15,17,19,29-30,34H,5,10-13,16H2,1-4H3,(H,31,35)(H,36,37). The molecule has 0 atom stereocenters. The molecule has 1 aliphatic heterocycles. The van der Waals surface area contributed by atoms with E-state index < -0.39 is 17.7 Å². The molecule has 38 heavy (non-hydrogen) atoms. The van der Waals surface area contributed by atoms with E-state index in [1.807, 2.05) is 26.0 Å². The van der Waals surface area contributed by atoms with Crippen LogP contribution in [0.4, 0.5) is 5.69 Å². The number of methoxy groups -OCH3 is 1. The van der Waals surface area contributed by atoms with E-state index in [0.29, 0.717) is 50.5 Å². The number of anilines is 1. The van der Waals surface area contributed by atoms with Crippen molar-refractivity contribution in [1.82, 2.24) is 10.2 Å². The lowest BCUT2D eigenvalue weighted by Crippen LogP contribution is -2.46. The third-order valence-electron chi connectivity index (χ3n) is 6.76. The first kappa shape index (κ1) is 28.6. The second kappa shape index (κ2) is 12.6. The van der Waals surface area contributed by atoms with Gasteiger partial charge >= 0.3 is 5.97 Å². The molecule has 0 unspecified atom stereocenters. The number of rotatable bonds is 8. The lowest BCUT2D eigenvalue weighted by Gasteiger charge is -2.30. The van der Waals surface area contributed by atoms with Crippen molar-refractivity contribution in [2.24, 2.45) is 5.92 Å². The first-order chi connectivity index (χ1) is 18.1. The number of benzene rings is 2. The van der Waals surface area contributed by atoms with Crippen molar-refractivity contribution in [3.05, 3.63) is 53.1 Å². The van der Waals surface area contributed by atoms with Gasteiger partial charge in [-0.3, -0.25) is 30.2 Å². The highest BCUT2D eigenvalue weighted by molar-refractivity contribution is 6.48. The number of hydrogen-bond acceptors (Lipinski definition) is 7. The summed E-state index contributed by atoms with van der Waals surface area (Å²) in [7, 11) is 1.51. The number of carboxylic acid groups (broad SMARTS) is 1. The van der Waals surface area contributed by atoms with Crippen molar-refractivity contribution in [1.29, 1.82) is 10.8 Å². The van der Waals surface area contributed by atoms with Gasteiger partial charge in [0.25, 0.3) is 5.91 Å². The largest absolute Gasteiger partial charge is 0.507 e. The minimum absolute atomic E-state index is 0.0493. The number of hydrogen-bond donors (Lipinski definition) is 5. The van der Waals surface area contributed by atoms with Crippen LogP contribution in [0.5, 0.6) is 11.5 Å². The van der Waals surface area contributed by atoms with Crippen LogP contribution < -0.4 is 15.0 Å². The van der Waals surface area contributed by atoms with Crippen LogP contribution in [0, 0.1) is 16.7 Å². The molecule has 1 amide bonds. The topological polar surface area (TPSA) is 150 Å². The van der Waals surface area contributed by atoms with Crippen molar-refractivity contribution in [3.8, 4) is 11.5 Å². The fraction of sp³-hybridized carbons (Fsp3) is 0.429. The highest BCUT2D eigenvalue weighted by Gasteiger charge is 2.28. The minimum atomic E-state index is -0.741. The van der Waals surface area contributed by atoms with Crippen molar-refractivity contribution < 1.29 is 24.5 Å². The number of carboxylic acids is 1. The van der Waals surface area contributed by atoms with Gasteiger partial charge in [-0.1, -0.05) is 26.0 Å². The zero-order chi connectivity index (χ0) is 28.0. The molecule has 204 valence electrons. The number of carbonyl (C=O) groups is 2. The summed E-state index contributed by atoms with van der Waals surface area (Å²) >= 11 is 0. The van der Waals surface area contributed by atoms with Crippen LogP contribution >= 0.6 is 0 Å². The van der Waals surface area contributed by atoms with Gasteiger partial charge in [-0.15, -0.1) is 0 Å². The predicted molar refractivity (Wildman–Crippen MR) is 147 cm³/mol. The number of aliphatic carboxylic acids is 1. The maximum Gasteiger partial charge on any atom is 0.306 e. The van der Waals surface area contributed by atoms with Gasteiger partial charge in [-0.25, -0.2) is 0 Å². The molecule has 0 saturated carbocycles. The number of likely N-dealkylation sites (tertiary alicyclic amines) is 1. The molecule has 1 saturated heterocycles. The number of nitrogens with zero attached hydrogens (tertiary/aromatic N) is 2. The minimum Gasteiger partial charge on any atom is -0.507 e. The van der Waals surface area contributed by atoms with Crippen LogP contribution in [0.1, 0.15) is 56.2 Å². The first-order valence-corrected chi connectivity index (χ1v) is 12.8. The molecule has 10 nitrogen and oxygen atoms in total. The monoisotopic (exact) mass is 523 g/mol. The molecule has 0 aromatic heterocycles. The van der Waals surface area contributed by atoms with Crippen molar-refractivity contribution in [3.63, 3.8) is 0 Å². The summed E-state index contributed by atoms with van der Waals surface area (Å²) < 4.78 is 5.39. The number of likely N-dealkylation sites (N-methyl/N-ethyl adjacent to an activating group) is 1. The Hall–Kier alpha value is -3.92. The Bertz CT molecular complexity index is 1190. The van der Waals surface area contributed by atoms with Crippen LogP contribution in [0.2, 0.25) is 0 Å². The van der Waals surface area contributed by atoms with E-state index in [1.54, 1.807) is 25.1 Å². The molecule has 0 bridgehead atoms. The van der Waals surface area contributed by atoms with E-state index in [9.17, 15) is 19.8 Å². The van der Waals surface area contributed by atoms with E-state index in [1.165, 1.54) is 18.1 Å². The molecule has 1 aliphatic rings. The summed E-state index contributed by atoms with van der Waals surface area (Å²) in [5.41, 5.74) is 2.39. The average molecular weight is 524 g/mol. The lowest BCUT2D eigenvalue weighted by molar-refractivity contribution is -0.143. The van der Waals surface area contributed by atoms with Gasteiger partial charge in [0.2, 0.25) is 0 Å². The molecular weight excluding hydrogens is 486 g/mol. The summed E-state index contributed by atoms with van der Waals surface area (Å²) in [6.07, 6.45) is 1.23. The number of amides is 1. The third-order valence-corrected chi connectivity index (χ3v) is 6.76. The molecule has 2 aromatic carbocycles. The summed E-state index contributed by atoms with van der Waals surface area (Å²) in [6, 6.07) is 10.3. The van der Waals surface area contributed by atoms with Crippen LogP contribution in [0.3, 0.4) is 0 Å². The Labute approximate surface area is 223 Å². The second-order valence-corrected chi connectivity index (χ2v) is 9.71. The number of amidine groups is 2. The van der Waals surface area contributed by atoms with Crippen molar-refractivity contribution in [2.45, 2.75) is 46.1 Å². The van der Waals surface area contributed by atoms with E-state index in [2.05, 4.69) is 10.2 Å². The molecule has 0 aliphatic carbocycles. The maximum absolute atomic E-state index is 12.7. The van der Waals surface area contributed by atoms with Gasteiger partial charge in [0.1, 0.15) is 17.3 Å². The number of aromatic hydroxyl groups is 1. The Kier molecular flexibility index (Phi) is 9.46. The van der Waals surface area contributed by atoms with Crippen LogP contribution in [-0.4, -0.2) is 65.4 Å². The highest BCUT2D eigenvalue weighted by Crippen LogP contribution is 2.34. The molecule has 3 rings (SSSR count). The van der Waals surface area contributed by atoms with Crippen molar-refractivity contribution >= 4 is 29.2 Å². The Balaban J connectivity index is 1.90. The first-order valence-electron chi connectivity index (χ1n) is 12.8. The molecule has 1 fully saturated rings. The van der Waals surface area contributed by atoms with E-state index >= 15 is 0 Å². The van der Waals surface area contributed by atoms with Gasteiger partial charge in [0.05, 0.1) is 18.6 Å². The van der Waals surface area contributed by atoms with Gasteiger partial charge in [0, 0.05) is 24.8 Å². The highest BCUT2D eigenvalue weighted by atomic mass is 16.5. The summed E-state index contributed by atoms with van der Waals surface area (Å²) in [4.78, 5) is 27.3. The zero-order valence-electron chi connectivity index (χ0n) is 22.4. The molecule has 0 radical (unpaired) electrons. The quantitative estimate of drug-likeness (QED) is 0.261. The number of nitrogens with one attached hydrogen (secondary N) is 3. The summed E-state index contributed by atoms with van der Waals surface area (Å²) in [5, 5.41) is 40.1. The molecular formula is C28H37N5O5. The fourth-order valence-corrected chi connectivity index (χ4v) is 4.59. The van der Waals surface area contributed by atoms with Gasteiger partial charge in [0.15, 0.2) is 5.84 Å². The average Bonchev–Trinajstić information content (AvgIpc) is 2.89. The fourth-order valence-electron chi connectivity index (χ4n) is 4.59. The normalized spacial score (nSPS) is 14.2. The van der Waals surface area contributed by atoms with E-state index in [-0.39, 0.29) is 29.0 Å². The summed E-state index contributed by atoms with van der Waals surface area (Å²) in [6.45, 7) is 8.07. The van der Waals surface area contributed by atoms with E-state index in [0.717, 1.165) is 11.1 Å². The number of piperidine rings is 1. The van der Waals surface area contributed by atoms with E-state index in [4.69, 9.17) is 15.6 Å². The van der Waals surface area contributed by atoms with Gasteiger partial charge < -0.3 is 20.3 Å². The smallest absolute Gasteiger partial charge is 0.306 e. The van der Waals surface area contributed by atoms with Gasteiger partial charge in [-0.2, -0.15) is 0 Å². The zero-order valence-corrected chi connectivity index (χ0v) is 22.4. The molecule has 5 N–H and O–H groups in total. The number of ether oxygens (including phenoxy) is 1. The van der Waals surface area contributed by atoms with Crippen LogP contribution in [0.15, 0.2) is 36.4 Å². The lowest BCUT2D eigenvalue weighted by atomic mass is 9.97. The molecule has 10 heteroatoms. The molecule has 2 aromatic rings. The number of phenolic OH excluding ortho intramolecular Hbond substituents is 1. The van der Waals surface area contributed by atoms with Gasteiger partial charge in [-0.05, 0) is 68.1 Å². The van der Waals surface area contributed by atoms with Crippen LogP contribution in [-0.2, 0) is 16.1 Å². The number of carbonyl (C=O) groups excluding carboxylic acids is 1. The Morgan fingerprint density at radius 2 is 1.79 bits per heavy atom. The SMILES string of the molecule is CCNC(=O)C(=N)N(C(=N)c1cc(C(C)C)c(OC)cc1O)c1ccc(CN2CCC(C(=O)O)CC2)cc1. The number of phenols is 1. The predicted octanol–water partition coefficient (Wildman–Crippen LogP) is 3.77. The third kappa shape index (κ3) is 6.49.